The molecule has 0 saturated carbocycles. The van der Waals surface area contributed by atoms with Crippen molar-refractivity contribution in [2.24, 2.45) is 0 Å². The highest BCUT2D eigenvalue weighted by molar-refractivity contribution is 6.32. The molecule has 2 aromatic rings. The summed E-state index contributed by atoms with van der Waals surface area (Å²) in [4.78, 5) is 15.4. The number of hydrogen-bond donors (Lipinski definition) is 2. The summed E-state index contributed by atoms with van der Waals surface area (Å²) < 4.78 is 10.4. The van der Waals surface area contributed by atoms with Crippen LogP contribution in [0.5, 0.6) is 11.5 Å². The van der Waals surface area contributed by atoms with Gasteiger partial charge in [-0.3, -0.25) is 4.79 Å². The van der Waals surface area contributed by atoms with Crippen LogP contribution >= 0.6 is 11.6 Å². The molecule has 1 amide bonds. The molecule has 0 aliphatic carbocycles. The fourth-order valence-electron chi connectivity index (χ4n) is 2.11. The molecule has 0 saturated heterocycles. The number of hydrogen-bond acceptors (Lipinski definition) is 3. The Morgan fingerprint density at radius 2 is 1.81 bits per heavy atom. The summed E-state index contributed by atoms with van der Waals surface area (Å²) in [5.41, 5.74) is 2.83. The second-order valence-electron chi connectivity index (χ2n) is 4.63. The zero-order valence-electron chi connectivity index (χ0n) is 12.3. The average molecular weight is 309 g/mol. The van der Waals surface area contributed by atoms with Crippen LogP contribution in [0.1, 0.15) is 21.7 Å². The molecule has 2 N–H and O–H groups in total. The van der Waals surface area contributed by atoms with Crippen molar-refractivity contribution in [3.05, 3.63) is 40.2 Å². The lowest BCUT2D eigenvalue weighted by molar-refractivity contribution is 0.102. The maximum Gasteiger partial charge on any atom is 0.257 e. The highest BCUT2D eigenvalue weighted by Crippen LogP contribution is 2.36. The van der Waals surface area contributed by atoms with Crippen LogP contribution in [-0.2, 0) is 0 Å². The number of anilines is 1. The summed E-state index contributed by atoms with van der Waals surface area (Å²) in [6.07, 6.45) is 0. The number of rotatable bonds is 4. The molecule has 0 bridgehead atoms. The molecule has 0 unspecified atom stereocenters. The van der Waals surface area contributed by atoms with Gasteiger partial charge < -0.3 is 19.8 Å². The van der Waals surface area contributed by atoms with Crippen molar-refractivity contribution < 1.29 is 14.3 Å². The zero-order valence-corrected chi connectivity index (χ0v) is 13.1. The van der Waals surface area contributed by atoms with Gasteiger partial charge in [-0.25, -0.2) is 0 Å². The fraction of sp³-hybridized carbons (Fsp3) is 0.267. The predicted octanol–water partition coefficient (Wildman–Crippen LogP) is 3.55. The predicted molar refractivity (Wildman–Crippen MR) is 82.8 cm³/mol. The van der Waals surface area contributed by atoms with Crippen molar-refractivity contribution >= 4 is 23.2 Å². The van der Waals surface area contributed by atoms with Gasteiger partial charge in [0.2, 0.25) is 0 Å². The number of methoxy groups -OCH3 is 2. The number of aromatic amines is 1. The number of nitrogens with one attached hydrogen (secondary N) is 2. The first kappa shape index (κ1) is 15.3. The van der Waals surface area contributed by atoms with E-state index < -0.39 is 0 Å². The molecular weight excluding hydrogens is 292 g/mol. The Balaban J connectivity index is 2.34. The number of benzene rings is 1. The van der Waals surface area contributed by atoms with Crippen molar-refractivity contribution in [3.8, 4) is 11.5 Å². The van der Waals surface area contributed by atoms with Gasteiger partial charge in [0.25, 0.3) is 5.91 Å². The van der Waals surface area contributed by atoms with Crippen LogP contribution in [0, 0.1) is 13.8 Å². The first-order chi connectivity index (χ1) is 9.96. The van der Waals surface area contributed by atoms with E-state index >= 15 is 0 Å². The third kappa shape index (κ3) is 3.13. The van der Waals surface area contributed by atoms with Gasteiger partial charge in [-0.1, -0.05) is 11.6 Å². The molecule has 0 radical (unpaired) electrons. The van der Waals surface area contributed by atoms with Crippen LogP contribution in [0.2, 0.25) is 5.02 Å². The lowest BCUT2D eigenvalue weighted by Gasteiger charge is -2.13. The Morgan fingerprint density at radius 3 is 2.33 bits per heavy atom. The van der Waals surface area contributed by atoms with Crippen LogP contribution in [0.3, 0.4) is 0 Å². The van der Waals surface area contributed by atoms with E-state index in [2.05, 4.69) is 10.3 Å². The standard InChI is InChI=1S/C15H17ClN2O3/c1-8-5-10(9(2)17-8)15(19)18-12-7-13(20-3)11(16)6-14(12)21-4/h5-7,17H,1-4H3,(H,18,19). The lowest BCUT2D eigenvalue weighted by Crippen LogP contribution is -2.13. The van der Waals surface area contributed by atoms with Gasteiger partial charge in [-0.15, -0.1) is 0 Å². The minimum absolute atomic E-state index is 0.223. The summed E-state index contributed by atoms with van der Waals surface area (Å²) in [5.74, 6) is 0.716. The van der Waals surface area contributed by atoms with Crippen LogP contribution in [0.4, 0.5) is 5.69 Å². The van der Waals surface area contributed by atoms with Crippen molar-refractivity contribution in [2.75, 3.05) is 19.5 Å². The van der Waals surface area contributed by atoms with Crippen molar-refractivity contribution in [2.45, 2.75) is 13.8 Å². The molecule has 1 heterocycles. The Hall–Kier alpha value is -2.14. The molecule has 0 spiro atoms. The average Bonchev–Trinajstić information content (AvgIpc) is 2.79. The van der Waals surface area contributed by atoms with E-state index in [0.717, 1.165) is 11.4 Å². The number of aryl methyl sites for hydroxylation is 2. The van der Waals surface area contributed by atoms with E-state index in [9.17, 15) is 4.79 Å². The van der Waals surface area contributed by atoms with Crippen LogP contribution in [0.15, 0.2) is 18.2 Å². The molecule has 21 heavy (non-hydrogen) atoms. The van der Waals surface area contributed by atoms with E-state index in [1.807, 2.05) is 13.8 Å². The minimum Gasteiger partial charge on any atom is -0.495 e. The van der Waals surface area contributed by atoms with Crippen LogP contribution in [-0.4, -0.2) is 25.1 Å². The van der Waals surface area contributed by atoms with E-state index in [1.54, 1.807) is 18.2 Å². The molecule has 6 heteroatoms. The number of aromatic nitrogens is 1. The minimum atomic E-state index is -0.223. The molecule has 1 aromatic carbocycles. The van der Waals surface area contributed by atoms with E-state index in [-0.39, 0.29) is 5.91 Å². The smallest absolute Gasteiger partial charge is 0.257 e. The summed E-state index contributed by atoms with van der Waals surface area (Å²) >= 11 is 6.04. The normalized spacial score (nSPS) is 10.3. The quantitative estimate of drug-likeness (QED) is 0.908. The molecule has 0 aliphatic heterocycles. The van der Waals surface area contributed by atoms with Gasteiger partial charge in [0.05, 0.1) is 30.5 Å². The number of amides is 1. The third-order valence-corrected chi connectivity index (χ3v) is 3.41. The Morgan fingerprint density at radius 1 is 1.14 bits per heavy atom. The van der Waals surface area contributed by atoms with Gasteiger partial charge in [0, 0.05) is 23.5 Å². The number of carbonyl (C=O) groups is 1. The zero-order chi connectivity index (χ0) is 15.6. The Kier molecular flexibility index (Phi) is 4.43. The highest BCUT2D eigenvalue weighted by Gasteiger charge is 2.16. The maximum atomic E-state index is 12.3. The molecule has 112 valence electrons. The molecular formula is C15H17ClN2O3. The topological polar surface area (TPSA) is 63.3 Å². The maximum absolute atomic E-state index is 12.3. The van der Waals surface area contributed by atoms with Crippen molar-refractivity contribution in [3.63, 3.8) is 0 Å². The SMILES string of the molecule is COc1cc(NC(=O)c2cc(C)[nH]c2C)c(OC)cc1Cl. The molecule has 2 rings (SSSR count). The fourth-order valence-corrected chi connectivity index (χ4v) is 2.34. The molecule has 0 aliphatic rings. The van der Waals surface area contributed by atoms with Crippen LogP contribution < -0.4 is 14.8 Å². The second-order valence-corrected chi connectivity index (χ2v) is 5.04. The molecule has 0 atom stereocenters. The number of H-pyrrole nitrogens is 1. The van der Waals surface area contributed by atoms with Crippen LogP contribution in [0.25, 0.3) is 0 Å². The first-order valence-electron chi connectivity index (χ1n) is 6.35. The number of ether oxygens (including phenoxy) is 2. The highest BCUT2D eigenvalue weighted by atomic mass is 35.5. The van der Waals surface area contributed by atoms with Gasteiger partial charge >= 0.3 is 0 Å². The van der Waals surface area contributed by atoms with Gasteiger partial charge in [0.15, 0.2) is 0 Å². The van der Waals surface area contributed by atoms with Crippen molar-refractivity contribution in [1.29, 1.82) is 0 Å². The van der Waals surface area contributed by atoms with E-state index in [1.165, 1.54) is 14.2 Å². The Bertz CT molecular complexity index is 680. The number of carbonyl (C=O) groups excluding carboxylic acids is 1. The van der Waals surface area contributed by atoms with Gasteiger partial charge in [0.1, 0.15) is 11.5 Å². The first-order valence-corrected chi connectivity index (χ1v) is 6.73. The van der Waals surface area contributed by atoms with E-state index in [4.69, 9.17) is 21.1 Å². The van der Waals surface area contributed by atoms with Crippen molar-refractivity contribution in [1.82, 2.24) is 4.98 Å². The monoisotopic (exact) mass is 308 g/mol. The largest absolute Gasteiger partial charge is 0.495 e. The molecule has 0 fully saturated rings. The summed E-state index contributed by atoms with van der Waals surface area (Å²) in [7, 11) is 3.03. The third-order valence-electron chi connectivity index (χ3n) is 3.12. The summed E-state index contributed by atoms with van der Waals surface area (Å²) in [6.45, 7) is 3.75. The van der Waals surface area contributed by atoms with E-state index in [0.29, 0.717) is 27.8 Å². The summed E-state index contributed by atoms with van der Waals surface area (Å²) in [6, 6.07) is 5.03. The van der Waals surface area contributed by atoms with Gasteiger partial charge in [-0.2, -0.15) is 0 Å². The Labute approximate surface area is 128 Å². The van der Waals surface area contributed by atoms with Gasteiger partial charge in [-0.05, 0) is 19.9 Å². The molecule has 1 aromatic heterocycles. The lowest BCUT2D eigenvalue weighted by atomic mass is 10.2. The number of halogens is 1. The second kappa shape index (κ2) is 6.10. The summed E-state index contributed by atoms with van der Waals surface area (Å²) in [5, 5.41) is 3.23. The molecule has 5 nitrogen and oxygen atoms in total.